The second-order valence-corrected chi connectivity index (χ2v) is 4.15. The van der Waals surface area contributed by atoms with Gasteiger partial charge in [-0.05, 0) is 11.8 Å². The van der Waals surface area contributed by atoms with E-state index in [2.05, 4.69) is 24.3 Å². The Labute approximate surface area is 83.5 Å². The number of carbonyl (C=O) groups is 1. The molecule has 0 spiro atoms. The summed E-state index contributed by atoms with van der Waals surface area (Å²) in [5, 5.41) is 0. The fraction of sp³-hybridized carbons (Fsp3) is 0.308. The Kier molecular flexibility index (Phi) is 1.60. The third-order valence-corrected chi connectivity index (χ3v) is 3.46. The van der Waals surface area contributed by atoms with Crippen LogP contribution in [0.1, 0.15) is 0 Å². The molecule has 0 N–H and O–H groups in total. The van der Waals surface area contributed by atoms with E-state index in [0.29, 0.717) is 17.6 Å². The van der Waals surface area contributed by atoms with E-state index in [-0.39, 0.29) is 11.8 Å². The molecule has 0 aromatic rings. The van der Waals surface area contributed by atoms with E-state index < -0.39 is 0 Å². The van der Waals surface area contributed by atoms with Crippen molar-refractivity contribution in [3.8, 4) is 0 Å². The van der Waals surface area contributed by atoms with E-state index in [1.807, 2.05) is 24.3 Å². The van der Waals surface area contributed by atoms with Gasteiger partial charge in [-0.25, -0.2) is 0 Å². The molecule has 4 atom stereocenters. The lowest BCUT2D eigenvalue weighted by Crippen LogP contribution is -2.14. The molecule has 0 heterocycles. The number of Topliss-reactive ketones (excluding diaryl/α,β-unsaturated/α-hetero) is 1. The van der Waals surface area contributed by atoms with Crippen LogP contribution in [0.2, 0.25) is 0 Å². The SMILES string of the molecule is O=C1[C@@H]2C=CC=C[C@@H]1[C@H]1C=CC=C[C@H]12. The molecule has 0 radical (unpaired) electrons. The van der Waals surface area contributed by atoms with Gasteiger partial charge in [0.25, 0.3) is 0 Å². The summed E-state index contributed by atoms with van der Waals surface area (Å²) in [5.41, 5.74) is 0. The number of hydrogen-bond donors (Lipinski definition) is 0. The van der Waals surface area contributed by atoms with Crippen LogP contribution in [0.4, 0.5) is 0 Å². The second-order valence-electron chi connectivity index (χ2n) is 4.15. The normalized spacial score (nSPS) is 42.7. The van der Waals surface area contributed by atoms with Crippen molar-refractivity contribution in [3.63, 3.8) is 0 Å². The summed E-state index contributed by atoms with van der Waals surface area (Å²) in [6, 6.07) is 0. The van der Waals surface area contributed by atoms with E-state index >= 15 is 0 Å². The molecule has 1 saturated carbocycles. The Balaban J connectivity index is 2.09. The van der Waals surface area contributed by atoms with Crippen LogP contribution in [0.25, 0.3) is 0 Å². The lowest BCUT2D eigenvalue weighted by Gasteiger charge is -2.20. The molecular formula is C13H12O. The summed E-state index contributed by atoms with van der Waals surface area (Å²) in [5.74, 6) is 1.42. The van der Waals surface area contributed by atoms with Gasteiger partial charge in [0.05, 0.1) is 0 Å². The van der Waals surface area contributed by atoms with Crippen LogP contribution in [0.5, 0.6) is 0 Å². The standard InChI is InChI=1S/C13H12O/c14-13-11-7-3-4-8-12(13)10-6-2-1-5-9(10)11/h1-12H/t9-,10+,11-,12-/m1/s1. The molecule has 1 heteroatoms. The van der Waals surface area contributed by atoms with Crippen LogP contribution in [0.3, 0.4) is 0 Å². The topological polar surface area (TPSA) is 17.1 Å². The molecular weight excluding hydrogens is 172 g/mol. The summed E-state index contributed by atoms with van der Waals surface area (Å²) in [4.78, 5) is 12.0. The third kappa shape index (κ3) is 0.926. The first-order valence-corrected chi connectivity index (χ1v) is 5.11. The number of ketones is 1. The fourth-order valence-corrected chi connectivity index (χ4v) is 2.78. The van der Waals surface area contributed by atoms with Crippen molar-refractivity contribution < 1.29 is 4.79 Å². The predicted molar refractivity (Wildman–Crippen MR) is 55.5 cm³/mol. The highest BCUT2D eigenvalue weighted by Gasteiger charge is 2.46. The van der Waals surface area contributed by atoms with Crippen molar-refractivity contribution in [3.05, 3.63) is 48.6 Å². The van der Waals surface area contributed by atoms with E-state index in [9.17, 15) is 4.79 Å². The highest BCUT2D eigenvalue weighted by molar-refractivity contribution is 5.91. The summed E-state index contributed by atoms with van der Waals surface area (Å²) in [6.07, 6.45) is 16.6. The maximum absolute atomic E-state index is 12.0. The smallest absolute Gasteiger partial charge is 0.147 e. The summed E-state index contributed by atoms with van der Waals surface area (Å²) >= 11 is 0. The highest BCUT2D eigenvalue weighted by atomic mass is 16.1. The second kappa shape index (κ2) is 2.81. The van der Waals surface area contributed by atoms with Gasteiger partial charge in [-0.15, -0.1) is 0 Å². The molecule has 1 nitrogen and oxygen atoms in total. The molecule has 0 unspecified atom stereocenters. The molecule has 3 aliphatic carbocycles. The maximum Gasteiger partial charge on any atom is 0.147 e. The minimum Gasteiger partial charge on any atom is -0.298 e. The average molecular weight is 184 g/mol. The van der Waals surface area contributed by atoms with Crippen LogP contribution in [0, 0.1) is 23.7 Å². The van der Waals surface area contributed by atoms with Gasteiger partial charge in [-0.1, -0.05) is 48.6 Å². The Morgan fingerprint density at radius 1 is 0.714 bits per heavy atom. The van der Waals surface area contributed by atoms with E-state index in [0.717, 1.165) is 0 Å². The average Bonchev–Trinajstić information content (AvgIpc) is 2.33. The molecule has 70 valence electrons. The van der Waals surface area contributed by atoms with Gasteiger partial charge in [0, 0.05) is 11.8 Å². The first kappa shape index (κ1) is 7.98. The zero-order valence-corrected chi connectivity index (χ0v) is 7.84. The summed E-state index contributed by atoms with van der Waals surface area (Å²) in [6.45, 7) is 0. The molecule has 3 aliphatic rings. The molecule has 3 rings (SSSR count). The van der Waals surface area contributed by atoms with Crippen molar-refractivity contribution in [1.29, 1.82) is 0 Å². The van der Waals surface area contributed by atoms with Crippen molar-refractivity contribution in [2.75, 3.05) is 0 Å². The third-order valence-electron chi connectivity index (χ3n) is 3.46. The molecule has 0 aromatic carbocycles. The van der Waals surface area contributed by atoms with Crippen molar-refractivity contribution in [1.82, 2.24) is 0 Å². The zero-order valence-electron chi connectivity index (χ0n) is 7.84. The van der Waals surface area contributed by atoms with Gasteiger partial charge in [0.15, 0.2) is 0 Å². The summed E-state index contributed by atoms with van der Waals surface area (Å²) < 4.78 is 0. The van der Waals surface area contributed by atoms with Crippen molar-refractivity contribution >= 4 is 5.78 Å². The molecule has 1 fully saturated rings. The van der Waals surface area contributed by atoms with Crippen molar-refractivity contribution in [2.24, 2.45) is 23.7 Å². The first-order chi connectivity index (χ1) is 6.88. The highest BCUT2D eigenvalue weighted by Crippen LogP contribution is 2.44. The molecule has 0 saturated heterocycles. The van der Waals surface area contributed by atoms with Gasteiger partial charge in [-0.2, -0.15) is 0 Å². The number of fused-ring (bicyclic) bond motifs is 5. The molecule has 0 aromatic heterocycles. The Bertz CT molecular complexity index is 348. The lowest BCUT2D eigenvalue weighted by molar-refractivity contribution is -0.121. The van der Waals surface area contributed by atoms with Gasteiger partial charge >= 0.3 is 0 Å². The number of allylic oxidation sites excluding steroid dienone is 8. The monoisotopic (exact) mass is 184 g/mol. The molecule has 0 aliphatic heterocycles. The quantitative estimate of drug-likeness (QED) is 0.564. The van der Waals surface area contributed by atoms with Gasteiger partial charge < -0.3 is 0 Å². The number of hydrogen-bond acceptors (Lipinski definition) is 1. The molecule has 2 bridgehead atoms. The van der Waals surface area contributed by atoms with E-state index in [1.54, 1.807) is 0 Å². The number of carbonyl (C=O) groups excluding carboxylic acids is 1. The first-order valence-electron chi connectivity index (χ1n) is 5.11. The van der Waals surface area contributed by atoms with Crippen LogP contribution < -0.4 is 0 Å². The van der Waals surface area contributed by atoms with Gasteiger partial charge in [-0.3, -0.25) is 4.79 Å². The van der Waals surface area contributed by atoms with E-state index in [4.69, 9.17) is 0 Å². The zero-order chi connectivity index (χ0) is 9.54. The van der Waals surface area contributed by atoms with Crippen molar-refractivity contribution in [2.45, 2.75) is 0 Å². The van der Waals surface area contributed by atoms with Crippen LogP contribution in [0.15, 0.2) is 48.6 Å². The Morgan fingerprint density at radius 2 is 1.14 bits per heavy atom. The van der Waals surface area contributed by atoms with Crippen LogP contribution in [-0.2, 0) is 4.79 Å². The van der Waals surface area contributed by atoms with Crippen LogP contribution >= 0.6 is 0 Å². The molecule has 14 heavy (non-hydrogen) atoms. The Morgan fingerprint density at radius 3 is 1.64 bits per heavy atom. The van der Waals surface area contributed by atoms with E-state index in [1.165, 1.54) is 0 Å². The van der Waals surface area contributed by atoms with Crippen LogP contribution in [-0.4, -0.2) is 5.78 Å². The minimum atomic E-state index is 0.112. The summed E-state index contributed by atoms with van der Waals surface area (Å²) in [7, 11) is 0. The van der Waals surface area contributed by atoms with Gasteiger partial charge in [0.2, 0.25) is 0 Å². The minimum absolute atomic E-state index is 0.112. The molecule has 0 amide bonds. The van der Waals surface area contributed by atoms with Gasteiger partial charge in [0.1, 0.15) is 5.78 Å². The maximum atomic E-state index is 12.0. The fourth-order valence-electron chi connectivity index (χ4n) is 2.78. The predicted octanol–water partition coefficient (Wildman–Crippen LogP) is 2.29. The number of rotatable bonds is 0. The Hall–Kier alpha value is -1.37. The lowest BCUT2D eigenvalue weighted by atomic mass is 9.83. The largest absolute Gasteiger partial charge is 0.298 e.